The van der Waals surface area contributed by atoms with Gasteiger partial charge in [-0.3, -0.25) is 4.79 Å². The molecule has 5 heteroatoms. The Bertz CT molecular complexity index is 380. The van der Waals surface area contributed by atoms with Crippen LogP contribution in [0.4, 0.5) is 0 Å². The Morgan fingerprint density at radius 3 is 3.06 bits per heavy atom. The molecule has 0 saturated carbocycles. The summed E-state index contributed by atoms with van der Waals surface area (Å²) in [5, 5.41) is 5.50. The van der Waals surface area contributed by atoms with Crippen LogP contribution in [0.25, 0.3) is 0 Å². The topological polar surface area (TPSA) is 32.3 Å². The summed E-state index contributed by atoms with van der Waals surface area (Å²) in [5.41, 5.74) is 0. The summed E-state index contributed by atoms with van der Waals surface area (Å²) in [4.78, 5) is 14.7. The van der Waals surface area contributed by atoms with Gasteiger partial charge in [0.25, 0.3) is 0 Å². The maximum Gasteiger partial charge on any atom is 0.222 e. The van der Waals surface area contributed by atoms with Crippen molar-refractivity contribution in [2.24, 2.45) is 0 Å². The molecule has 1 aromatic heterocycles. The molecule has 0 bridgehead atoms. The largest absolute Gasteiger partial charge is 0.343 e. The third-order valence-electron chi connectivity index (χ3n) is 2.93. The SMILES string of the molecule is O=C1CCCN1CCCNCc1sccc1Br. The van der Waals surface area contributed by atoms with Crippen LogP contribution in [0.2, 0.25) is 0 Å². The number of carbonyl (C=O) groups excluding carboxylic acids is 1. The van der Waals surface area contributed by atoms with Crippen molar-refractivity contribution in [1.29, 1.82) is 0 Å². The average molecular weight is 317 g/mol. The van der Waals surface area contributed by atoms with Crippen molar-refractivity contribution in [3.8, 4) is 0 Å². The van der Waals surface area contributed by atoms with Gasteiger partial charge in [-0.2, -0.15) is 0 Å². The molecule has 1 amide bonds. The number of likely N-dealkylation sites (tertiary alicyclic amines) is 1. The van der Waals surface area contributed by atoms with Crippen molar-refractivity contribution in [2.75, 3.05) is 19.6 Å². The second kappa shape index (κ2) is 6.52. The Morgan fingerprint density at radius 1 is 1.53 bits per heavy atom. The molecule has 94 valence electrons. The number of hydrogen-bond donors (Lipinski definition) is 1. The minimum Gasteiger partial charge on any atom is -0.343 e. The maximum absolute atomic E-state index is 11.4. The van der Waals surface area contributed by atoms with E-state index >= 15 is 0 Å². The molecule has 1 aromatic rings. The lowest BCUT2D eigenvalue weighted by Crippen LogP contribution is -2.28. The molecule has 3 nitrogen and oxygen atoms in total. The Morgan fingerprint density at radius 2 is 2.41 bits per heavy atom. The van der Waals surface area contributed by atoms with E-state index in [1.165, 1.54) is 9.35 Å². The van der Waals surface area contributed by atoms with Crippen molar-refractivity contribution >= 4 is 33.2 Å². The van der Waals surface area contributed by atoms with E-state index in [-0.39, 0.29) is 0 Å². The smallest absolute Gasteiger partial charge is 0.222 e. The molecule has 1 fully saturated rings. The molecule has 1 saturated heterocycles. The monoisotopic (exact) mass is 316 g/mol. The Labute approximate surface area is 114 Å². The van der Waals surface area contributed by atoms with Gasteiger partial charge in [0.1, 0.15) is 0 Å². The molecular weight excluding hydrogens is 300 g/mol. The van der Waals surface area contributed by atoms with Gasteiger partial charge in [-0.25, -0.2) is 0 Å². The maximum atomic E-state index is 11.4. The molecule has 1 aliphatic heterocycles. The molecule has 0 unspecified atom stereocenters. The van der Waals surface area contributed by atoms with Gasteiger partial charge in [0, 0.05) is 35.4 Å². The fourth-order valence-electron chi connectivity index (χ4n) is 1.99. The third-order valence-corrected chi connectivity index (χ3v) is 4.86. The number of nitrogens with one attached hydrogen (secondary N) is 1. The van der Waals surface area contributed by atoms with E-state index in [4.69, 9.17) is 0 Å². The zero-order chi connectivity index (χ0) is 12.1. The molecule has 0 spiro atoms. The first-order valence-electron chi connectivity index (χ1n) is 5.98. The second-order valence-corrected chi connectivity index (χ2v) is 6.06. The first-order chi connectivity index (χ1) is 8.27. The predicted molar refractivity (Wildman–Crippen MR) is 74.2 cm³/mol. The summed E-state index contributed by atoms with van der Waals surface area (Å²) in [5.74, 6) is 0.325. The second-order valence-electron chi connectivity index (χ2n) is 4.21. The molecule has 2 rings (SSSR count). The van der Waals surface area contributed by atoms with Crippen LogP contribution in [0.3, 0.4) is 0 Å². The lowest BCUT2D eigenvalue weighted by molar-refractivity contribution is -0.127. The zero-order valence-corrected chi connectivity index (χ0v) is 12.1. The van der Waals surface area contributed by atoms with Crippen LogP contribution in [0.15, 0.2) is 15.9 Å². The fourth-order valence-corrected chi connectivity index (χ4v) is 3.45. The number of carbonyl (C=O) groups is 1. The average Bonchev–Trinajstić information content (AvgIpc) is 2.89. The van der Waals surface area contributed by atoms with E-state index in [1.54, 1.807) is 11.3 Å². The van der Waals surface area contributed by atoms with Gasteiger partial charge in [0.2, 0.25) is 5.91 Å². The van der Waals surface area contributed by atoms with Crippen LogP contribution in [0, 0.1) is 0 Å². The van der Waals surface area contributed by atoms with Crippen molar-refractivity contribution < 1.29 is 4.79 Å². The minimum atomic E-state index is 0.325. The van der Waals surface area contributed by atoms with Crippen LogP contribution in [0.1, 0.15) is 24.1 Å². The summed E-state index contributed by atoms with van der Waals surface area (Å²) >= 11 is 5.27. The highest BCUT2D eigenvalue weighted by atomic mass is 79.9. The van der Waals surface area contributed by atoms with E-state index in [0.29, 0.717) is 5.91 Å². The lowest BCUT2D eigenvalue weighted by Gasteiger charge is -2.15. The number of halogens is 1. The van der Waals surface area contributed by atoms with Crippen molar-refractivity contribution in [3.05, 3.63) is 20.8 Å². The summed E-state index contributed by atoms with van der Waals surface area (Å²) in [6.07, 6.45) is 2.82. The molecule has 17 heavy (non-hydrogen) atoms. The van der Waals surface area contributed by atoms with Crippen LogP contribution in [-0.4, -0.2) is 30.4 Å². The van der Waals surface area contributed by atoms with Crippen molar-refractivity contribution in [2.45, 2.75) is 25.8 Å². The summed E-state index contributed by atoms with van der Waals surface area (Å²) in [6, 6.07) is 2.07. The fraction of sp³-hybridized carbons (Fsp3) is 0.583. The van der Waals surface area contributed by atoms with Gasteiger partial charge >= 0.3 is 0 Å². The Hall–Kier alpha value is -0.390. The third kappa shape index (κ3) is 3.79. The highest BCUT2D eigenvalue weighted by molar-refractivity contribution is 9.10. The first-order valence-corrected chi connectivity index (χ1v) is 7.65. The number of thiophene rings is 1. The normalized spacial score (nSPS) is 15.8. The number of nitrogens with zero attached hydrogens (tertiary/aromatic N) is 1. The Balaban J connectivity index is 1.58. The molecule has 2 heterocycles. The molecular formula is C12H17BrN2OS. The first kappa shape index (κ1) is 13.1. The van der Waals surface area contributed by atoms with E-state index in [0.717, 1.165) is 45.4 Å². The number of rotatable bonds is 6. The van der Waals surface area contributed by atoms with Crippen LogP contribution in [-0.2, 0) is 11.3 Å². The number of amides is 1. The van der Waals surface area contributed by atoms with Gasteiger partial charge in [-0.15, -0.1) is 11.3 Å². The molecule has 1 N–H and O–H groups in total. The quantitative estimate of drug-likeness (QED) is 0.818. The minimum absolute atomic E-state index is 0.325. The standard InChI is InChI=1S/C12H17BrN2OS/c13-10-4-8-17-11(10)9-14-5-2-7-15-6-1-3-12(15)16/h4,8,14H,1-3,5-7,9H2. The van der Waals surface area contributed by atoms with Gasteiger partial charge in [0.15, 0.2) is 0 Å². The highest BCUT2D eigenvalue weighted by Gasteiger charge is 2.18. The summed E-state index contributed by atoms with van der Waals surface area (Å²) in [6.45, 7) is 3.73. The molecule has 0 atom stereocenters. The van der Waals surface area contributed by atoms with Gasteiger partial charge < -0.3 is 10.2 Å². The predicted octanol–water partition coefficient (Wildman–Crippen LogP) is 2.61. The van der Waals surface area contributed by atoms with Crippen LogP contribution >= 0.6 is 27.3 Å². The molecule has 0 radical (unpaired) electrons. The van der Waals surface area contributed by atoms with Crippen LogP contribution in [0.5, 0.6) is 0 Å². The highest BCUT2D eigenvalue weighted by Crippen LogP contribution is 2.22. The lowest BCUT2D eigenvalue weighted by atomic mass is 10.3. The Kier molecular flexibility index (Phi) is 5.00. The van der Waals surface area contributed by atoms with Gasteiger partial charge in [-0.05, 0) is 46.8 Å². The van der Waals surface area contributed by atoms with E-state index in [9.17, 15) is 4.79 Å². The summed E-state index contributed by atoms with van der Waals surface area (Å²) in [7, 11) is 0. The van der Waals surface area contributed by atoms with E-state index in [1.807, 2.05) is 4.90 Å². The van der Waals surface area contributed by atoms with Crippen molar-refractivity contribution in [1.82, 2.24) is 10.2 Å². The van der Waals surface area contributed by atoms with Gasteiger partial charge in [-0.1, -0.05) is 0 Å². The van der Waals surface area contributed by atoms with E-state index < -0.39 is 0 Å². The van der Waals surface area contributed by atoms with Gasteiger partial charge in [0.05, 0.1) is 0 Å². The zero-order valence-electron chi connectivity index (χ0n) is 9.75. The summed E-state index contributed by atoms with van der Waals surface area (Å²) < 4.78 is 1.18. The molecule has 0 aromatic carbocycles. The van der Waals surface area contributed by atoms with Crippen molar-refractivity contribution in [3.63, 3.8) is 0 Å². The number of hydrogen-bond acceptors (Lipinski definition) is 3. The molecule has 0 aliphatic carbocycles. The van der Waals surface area contributed by atoms with E-state index in [2.05, 4.69) is 32.7 Å². The molecule has 1 aliphatic rings. The van der Waals surface area contributed by atoms with Crippen LogP contribution < -0.4 is 5.32 Å².